The van der Waals surface area contributed by atoms with Crippen LogP contribution in [0, 0.1) is 16.0 Å². The Balaban J connectivity index is 2.04. The van der Waals surface area contributed by atoms with Gasteiger partial charge in [-0.1, -0.05) is 18.3 Å². The lowest BCUT2D eigenvalue weighted by Crippen LogP contribution is -2.39. The zero-order valence-electron chi connectivity index (χ0n) is 12.2. The van der Waals surface area contributed by atoms with Crippen LogP contribution >= 0.6 is 11.3 Å². The molecule has 0 radical (unpaired) electrons. The van der Waals surface area contributed by atoms with Crippen molar-refractivity contribution in [3.63, 3.8) is 0 Å². The van der Waals surface area contributed by atoms with E-state index >= 15 is 0 Å². The van der Waals surface area contributed by atoms with Gasteiger partial charge in [-0.2, -0.15) is 0 Å². The highest BCUT2D eigenvalue weighted by Crippen LogP contribution is 2.24. The van der Waals surface area contributed by atoms with Crippen LogP contribution < -0.4 is 5.32 Å². The standard InChI is InChI=1S/C14H21N3O3S/c1-2-7-16(9-11-3-5-15-6-4-11)14(18)12-8-13(17(19)20)21-10-12/h8,10-11,15H,2-7,9H2,1H3. The number of hydrogen-bond donors (Lipinski definition) is 1. The molecule has 1 aromatic rings. The third-order valence-corrected chi connectivity index (χ3v) is 4.61. The normalized spacial score (nSPS) is 15.9. The molecule has 2 rings (SSSR count). The first-order chi connectivity index (χ1) is 10.1. The van der Waals surface area contributed by atoms with Gasteiger partial charge in [0.1, 0.15) is 0 Å². The average Bonchev–Trinajstić information content (AvgIpc) is 2.97. The molecule has 0 aliphatic carbocycles. The van der Waals surface area contributed by atoms with E-state index in [9.17, 15) is 14.9 Å². The maximum atomic E-state index is 12.5. The minimum atomic E-state index is -0.446. The molecule has 0 saturated carbocycles. The number of carbonyl (C=O) groups is 1. The summed E-state index contributed by atoms with van der Waals surface area (Å²) in [5, 5.41) is 15.7. The third kappa shape index (κ3) is 4.25. The van der Waals surface area contributed by atoms with E-state index in [0.29, 0.717) is 18.0 Å². The summed E-state index contributed by atoms with van der Waals surface area (Å²) in [6, 6.07) is 1.39. The summed E-state index contributed by atoms with van der Waals surface area (Å²) < 4.78 is 0. The van der Waals surface area contributed by atoms with Gasteiger partial charge in [0.05, 0.1) is 10.5 Å². The van der Waals surface area contributed by atoms with E-state index in [1.165, 1.54) is 6.07 Å². The summed E-state index contributed by atoms with van der Waals surface area (Å²) in [5.41, 5.74) is 0.439. The monoisotopic (exact) mass is 311 g/mol. The Bertz CT molecular complexity index is 497. The molecule has 21 heavy (non-hydrogen) atoms. The molecule has 0 bridgehead atoms. The number of carbonyl (C=O) groups excluding carboxylic acids is 1. The van der Waals surface area contributed by atoms with Gasteiger partial charge >= 0.3 is 5.00 Å². The number of rotatable bonds is 6. The zero-order valence-corrected chi connectivity index (χ0v) is 13.0. The highest BCUT2D eigenvalue weighted by atomic mass is 32.1. The van der Waals surface area contributed by atoms with E-state index in [1.54, 1.807) is 5.38 Å². The van der Waals surface area contributed by atoms with Crippen molar-refractivity contribution in [1.82, 2.24) is 10.2 Å². The van der Waals surface area contributed by atoms with Gasteiger partial charge in [-0.05, 0) is 38.3 Å². The molecular formula is C14H21N3O3S. The van der Waals surface area contributed by atoms with E-state index in [4.69, 9.17) is 0 Å². The van der Waals surface area contributed by atoms with Crippen LogP contribution in [0.4, 0.5) is 5.00 Å². The largest absolute Gasteiger partial charge is 0.338 e. The van der Waals surface area contributed by atoms with Gasteiger partial charge in [0.25, 0.3) is 5.91 Å². The lowest BCUT2D eigenvalue weighted by atomic mass is 9.97. The molecule has 1 N–H and O–H groups in total. The van der Waals surface area contributed by atoms with Gasteiger partial charge < -0.3 is 10.2 Å². The first-order valence-electron chi connectivity index (χ1n) is 7.34. The molecular weight excluding hydrogens is 290 g/mol. The van der Waals surface area contributed by atoms with Crippen molar-refractivity contribution < 1.29 is 9.72 Å². The Morgan fingerprint density at radius 1 is 1.52 bits per heavy atom. The summed E-state index contributed by atoms with van der Waals surface area (Å²) in [4.78, 5) is 24.7. The molecule has 1 aromatic heterocycles. The van der Waals surface area contributed by atoms with Crippen LogP contribution in [-0.4, -0.2) is 41.9 Å². The minimum absolute atomic E-state index is 0.0247. The number of amides is 1. The number of piperidine rings is 1. The third-order valence-electron chi connectivity index (χ3n) is 3.73. The van der Waals surface area contributed by atoms with Crippen molar-refractivity contribution in [3.8, 4) is 0 Å². The Morgan fingerprint density at radius 2 is 2.24 bits per heavy atom. The summed E-state index contributed by atoms with van der Waals surface area (Å²) in [5.74, 6) is 0.440. The van der Waals surface area contributed by atoms with Crippen molar-refractivity contribution in [1.29, 1.82) is 0 Å². The van der Waals surface area contributed by atoms with Gasteiger partial charge in [-0.25, -0.2) is 0 Å². The smallest absolute Gasteiger partial charge is 0.324 e. The van der Waals surface area contributed by atoms with Gasteiger partial charge in [-0.3, -0.25) is 14.9 Å². The Morgan fingerprint density at radius 3 is 2.81 bits per heavy atom. The van der Waals surface area contributed by atoms with Crippen LogP contribution in [-0.2, 0) is 0 Å². The van der Waals surface area contributed by atoms with Crippen LogP contribution in [0.2, 0.25) is 0 Å². The molecule has 1 fully saturated rings. The molecule has 2 heterocycles. The predicted octanol–water partition coefficient (Wildman–Crippen LogP) is 2.51. The number of hydrogen-bond acceptors (Lipinski definition) is 5. The van der Waals surface area contributed by atoms with Gasteiger partial charge in [0, 0.05) is 24.5 Å². The minimum Gasteiger partial charge on any atom is -0.338 e. The van der Waals surface area contributed by atoms with Crippen LogP contribution in [0.3, 0.4) is 0 Å². The van der Waals surface area contributed by atoms with E-state index < -0.39 is 4.92 Å². The maximum Gasteiger partial charge on any atom is 0.324 e. The number of nitrogens with zero attached hydrogens (tertiary/aromatic N) is 2. The Labute approximate surface area is 128 Å². The summed E-state index contributed by atoms with van der Waals surface area (Å²) in [7, 11) is 0. The van der Waals surface area contributed by atoms with Gasteiger partial charge in [0.15, 0.2) is 0 Å². The van der Waals surface area contributed by atoms with E-state index in [-0.39, 0.29) is 10.9 Å². The fourth-order valence-electron chi connectivity index (χ4n) is 2.64. The fraction of sp³-hybridized carbons (Fsp3) is 0.643. The second-order valence-electron chi connectivity index (χ2n) is 5.38. The highest BCUT2D eigenvalue weighted by Gasteiger charge is 2.23. The molecule has 1 saturated heterocycles. The quantitative estimate of drug-likeness (QED) is 0.647. The molecule has 116 valence electrons. The lowest BCUT2D eigenvalue weighted by molar-refractivity contribution is -0.380. The molecule has 1 amide bonds. The summed E-state index contributed by atoms with van der Waals surface area (Å²) >= 11 is 1.01. The zero-order chi connectivity index (χ0) is 15.2. The van der Waals surface area contributed by atoms with Gasteiger partial charge in [-0.15, -0.1) is 0 Å². The molecule has 0 aromatic carbocycles. The van der Waals surface area contributed by atoms with Crippen molar-refractivity contribution in [2.24, 2.45) is 5.92 Å². The predicted molar refractivity (Wildman–Crippen MR) is 82.8 cm³/mol. The van der Waals surface area contributed by atoms with Crippen LogP contribution in [0.15, 0.2) is 11.4 Å². The second kappa shape index (κ2) is 7.51. The van der Waals surface area contributed by atoms with Crippen LogP contribution in [0.25, 0.3) is 0 Å². The van der Waals surface area contributed by atoms with Crippen molar-refractivity contribution in [2.75, 3.05) is 26.2 Å². The topological polar surface area (TPSA) is 75.5 Å². The fourth-order valence-corrected chi connectivity index (χ4v) is 3.33. The van der Waals surface area contributed by atoms with Crippen molar-refractivity contribution in [2.45, 2.75) is 26.2 Å². The summed E-state index contributed by atoms with van der Waals surface area (Å²) in [6.07, 6.45) is 3.05. The van der Waals surface area contributed by atoms with E-state index in [2.05, 4.69) is 5.32 Å². The van der Waals surface area contributed by atoms with Crippen molar-refractivity contribution in [3.05, 3.63) is 27.1 Å². The number of nitrogens with one attached hydrogen (secondary N) is 1. The summed E-state index contributed by atoms with van der Waals surface area (Å²) in [6.45, 7) is 5.49. The average molecular weight is 311 g/mol. The van der Waals surface area contributed by atoms with Crippen molar-refractivity contribution >= 4 is 22.2 Å². The highest BCUT2D eigenvalue weighted by molar-refractivity contribution is 7.13. The molecule has 1 aliphatic heterocycles. The second-order valence-corrected chi connectivity index (χ2v) is 6.26. The Hall–Kier alpha value is -1.47. The first-order valence-corrected chi connectivity index (χ1v) is 8.22. The van der Waals surface area contributed by atoms with E-state index in [1.807, 2.05) is 11.8 Å². The molecule has 1 aliphatic rings. The molecule has 0 atom stereocenters. The van der Waals surface area contributed by atoms with Crippen LogP contribution in [0.1, 0.15) is 36.5 Å². The first kappa shape index (κ1) is 15.9. The van der Waals surface area contributed by atoms with E-state index in [0.717, 1.165) is 50.2 Å². The molecule has 0 unspecified atom stereocenters. The molecule has 0 spiro atoms. The number of thiophene rings is 1. The maximum absolute atomic E-state index is 12.5. The van der Waals surface area contributed by atoms with Gasteiger partial charge in [0.2, 0.25) is 0 Å². The lowest BCUT2D eigenvalue weighted by Gasteiger charge is -2.29. The Kier molecular flexibility index (Phi) is 5.69. The molecule has 7 heteroatoms. The molecule has 6 nitrogen and oxygen atoms in total. The SMILES string of the molecule is CCCN(CC1CCNCC1)C(=O)c1csc([N+](=O)[O-])c1. The van der Waals surface area contributed by atoms with Crippen LogP contribution in [0.5, 0.6) is 0 Å². The number of nitro groups is 1.